The van der Waals surface area contributed by atoms with Gasteiger partial charge in [-0.15, -0.1) is 11.3 Å². The lowest BCUT2D eigenvalue weighted by atomic mass is 10.2. The van der Waals surface area contributed by atoms with Crippen LogP contribution >= 0.6 is 11.3 Å². The standard InChI is InChI=1S/C17H22N2O2S/c20-17(8-7-14-5-3-11-21-14)18-13-15(16-6-4-12-22-16)19-9-1-2-10-19/h3-6,11-12,15H,1-2,7-10,13H2,(H,18,20). The normalized spacial score (nSPS) is 16.7. The zero-order valence-electron chi connectivity index (χ0n) is 12.7. The van der Waals surface area contributed by atoms with Crippen molar-refractivity contribution in [3.8, 4) is 0 Å². The van der Waals surface area contributed by atoms with Crippen LogP contribution in [0.3, 0.4) is 0 Å². The van der Waals surface area contributed by atoms with Crippen LogP contribution in [0.1, 0.15) is 35.9 Å². The summed E-state index contributed by atoms with van der Waals surface area (Å²) in [5, 5.41) is 5.20. The SMILES string of the molecule is O=C(CCc1ccco1)NCC(c1cccs1)N1CCCC1. The molecule has 5 heteroatoms. The van der Waals surface area contributed by atoms with Crippen LogP contribution in [0.15, 0.2) is 40.3 Å². The molecule has 0 aliphatic carbocycles. The highest BCUT2D eigenvalue weighted by Crippen LogP contribution is 2.27. The van der Waals surface area contributed by atoms with Crippen molar-refractivity contribution in [1.29, 1.82) is 0 Å². The van der Waals surface area contributed by atoms with Crippen molar-refractivity contribution >= 4 is 17.2 Å². The minimum Gasteiger partial charge on any atom is -0.469 e. The summed E-state index contributed by atoms with van der Waals surface area (Å²) in [6, 6.07) is 8.33. The maximum atomic E-state index is 12.1. The summed E-state index contributed by atoms with van der Waals surface area (Å²) in [7, 11) is 0. The third kappa shape index (κ3) is 3.99. The van der Waals surface area contributed by atoms with Gasteiger partial charge in [0.15, 0.2) is 0 Å². The molecule has 4 nitrogen and oxygen atoms in total. The van der Waals surface area contributed by atoms with Gasteiger partial charge in [0.1, 0.15) is 5.76 Å². The van der Waals surface area contributed by atoms with Crippen molar-refractivity contribution in [1.82, 2.24) is 10.2 Å². The highest BCUT2D eigenvalue weighted by molar-refractivity contribution is 7.10. The topological polar surface area (TPSA) is 45.5 Å². The van der Waals surface area contributed by atoms with E-state index in [2.05, 4.69) is 27.7 Å². The van der Waals surface area contributed by atoms with Crippen LogP contribution in [-0.4, -0.2) is 30.4 Å². The molecule has 1 N–H and O–H groups in total. The number of rotatable bonds is 7. The van der Waals surface area contributed by atoms with Gasteiger partial charge in [0, 0.05) is 24.3 Å². The Kier molecular flexibility index (Phi) is 5.29. The minimum atomic E-state index is 0.0946. The smallest absolute Gasteiger partial charge is 0.220 e. The van der Waals surface area contributed by atoms with E-state index in [4.69, 9.17) is 4.42 Å². The van der Waals surface area contributed by atoms with Crippen LogP contribution in [0.5, 0.6) is 0 Å². The summed E-state index contributed by atoms with van der Waals surface area (Å²) in [6.45, 7) is 2.95. The molecule has 1 aliphatic rings. The lowest BCUT2D eigenvalue weighted by Crippen LogP contribution is -2.36. The zero-order chi connectivity index (χ0) is 15.2. The first-order valence-corrected chi connectivity index (χ1v) is 8.77. The molecule has 1 unspecified atom stereocenters. The second-order valence-electron chi connectivity index (χ2n) is 5.66. The van der Waals surface area contributed by atoms with E-state index in [1.807, 2.05) is 12.1 Å². The molecule has 1 amide bonds. The molecule has 2 aromatic rings. The summed E-state index contributed by atoms with van der Waals surface area (Å²) >= 11 is 1.77. The van der Waals surface area contributed by atoms with Crippen molar-refractivity contribution in [3.05, 3.63) is 46.5 Å². The Hall–Kier alpha value is -1.59. The Bertz CT molecular complexity index is 560. The monoisotopic (exact) mass is 318 g/mol. The van der Waals surface area contributed by atoms with Crippen LogP contribution < -0.4 is 5.32 Å². The van der Waals surface area contributed by atoms with Gasteiger partial charge < -0.3 is 9.73 Å². The van der Waals surface area contributed by atoms with Gasteiger partial charge in [-0.2, -0.15) is 0 Å². The van der Waals surface area contributed by atoms with Gasteiger partial charge in [-0.25, -0.2) is 0 Å². The molecule has 0 spiro atoms. The van der Waals surface area contributed by atoms with Crippen molar-refractivity contribution in [2.24, 2.45) is 0 Å². The van der Waals surface area contributed by atoms with Crippen LogP contribution in [0.2, 0.25) is 0 Å². The summed E-state index contributed by atoms with van der Waals surface area (Å²) in [5.74, 6) is 0.960. The van der Waals surface area contributed by atoms with E-state index in [-0.39, 0.29) is 5.91 Å². The van der Waals surface area contributed by atoms with Crippen LogP contribution in [-0.2, 0) is 11.2 Å². The molecule has 3 rings (SSSR count). The van der Waals surface area contributed by atoms with E-state index in [1.165, 1.54) is 17.7 Å². The number of carbonyl (C=O) groups is 1. The average Bonchev–Trinajstić information content (AvgIpc) is 3.27. The molecule has 0 bridgehead atoms. The van der Waals surface area contributed by atoms with E-state index in [0.717, 1.165) is 18.8 Å². The molecule has 1 aliphatic heterocycles. The number of amides is 1. The number of hydrogen-bond donors (Lipinski definition) is 1. The van der Waals surface area contributed by atoms with Gasteiger partial charge in [0.05, 0.1) is 12.3 Å². The second-order valence-corrected chi connectivity index (χ2v) is 6.64. The predicted octanol–water partition coefficient (Wildman–Crippen LogP) is 3.23. The van der Waals surface area contributed by atoms with Crippen LogP contribution in [0, 0.1) is 0 Å². The Morgan fingerprint density at radius 1 is 1.32 bits per heavy atom. The van der Waals surface area contributed by atoms with Gasteiger partial charge in [-0.1, -0.05) is 6.07 Å². The number of furan rings is 1. The average molecular weight is 318 g/mol. The van der Waals surface area contributed by atoms with E-state index in [0.29, 0.717) is 25.4 Å². The van der Waals surface area contributed by atoms with E-state index < -0.39 is 0 Å². The van der Waals surface area contributed by atoms with E-state index >= 15 is 0 Å². The number of nitrogens with one attached hydrogen (secondary N) is 1. The van der Waals surface area contributed by atoms with Gasteiger partial charge in [0.2, 0.25) is 5.91 Å². The van der Waals surface area contributed by atoms with Gasteiger partial charge in [0.25, 0.3) is 0 Å². The first-order chi connectivity index (χ1) is 10.8. The van der Waals surface area contributed by atoms with Crippen LogP contribution in [0.4, 0.5) is 0 Å². The molecule has 0 aromatic carbocycles. The Morgan fingerprint density at radius 3 is 2.86 bits per heavy atom. The summed E-state index contributed by atoms with van der Waals surface area (Å²) in [4.78, 5) is 15.9. The number of likely N-dealkylation sites (tertiary alicyclic amines) is 1. The second kappa shape index (κ2) is 7.61. The number of hydrogen-bond acceptors (Lipinski definition) is 4. The van der Waals surface area contributed by atoms with Crippen LogP contribution in [0.25, 0.3) is 0 Å². The first kappa shape index (κ1) is 15.3. The maximum absolute atomic E-state index is 12.1. The molecule has 0 saturated carbocycles. The quantitative estimate of drug-likeness (QED) is 0.852. The number of thiophene rings is 1. The van der Waals surface area contributed by atoms with Gasteiger partial charge >= 0.3 is 0 Å². The molecule has 118 valence electrons. The molecular formula is C17H22N2O2S. The Balaban J connectivity index is 1.51. The minimum absolute atomic E-state index is 0.0946. The fraction of sp³-hybridized carbons (Fsp3) is 0.471. The van der Waals surface area contributed by atoms with Gasteiger partial charge in [-0.3, -0.25) is 9.69 Å². The zero-order valence-corrected chi connectivity index (χ0v) is 13.5. The van der Waals surface area contributed by atoms with E-state index in [9.17, 15) is 4.79 Å². The largest absolute Gasteiger partial charge is 0.469 e. The highest BCUT2D eigenvalue weighted by Gasteiger charge is 2.24. The molecule has 3 heterocycles. The first-order valence-electron chi connectivity index (χ1n) is 7.89. The number of carbonyl (C=O) groups excluding carboxylic acids is 1. The van der Waals surface area contributed by atoms with Crippen molar-refractivity contribution in [2.45, 2.75) is 31.7 Å². The molecule has 2 aromatic heterocycles. The van der Waals surface area contributed by atoms with Gasteiger partial charge in [-0.05, 0) is 49.5 Å². The number of nitrogens with zero attached hydrogens (tertiary/aromatic N) is 1. The van der Waals surface area contributed by atoms with Crippen molar-refractivity contribution in [3.63, 3.8) is 0 Å². The number of aryl methyl sites for hydroxylation is 1. The highest BCUT2D eigenvalue weighted by atomic mass is 32.1. The summed E-state index contributed by atoms with van der Waals surface area (Å²) in [5.41, 5.74) is 0. The maximum Gasteiger partial charge on any atom is 0.220 e. The Labute approximate surface area is 135 Å². The lowest BCUT2D eigenvalue weighted by Gasteiger charge is -2.26. The molecule has 1 fully saturated rings. The molecule has 1 saturated heterocycles. The molecule has 1 atom stereocenters. The fourth-order valence-corrected chi connectivity index (χ4v) is 3.80. The third-order valence-corrected chi connectivity index (χ3v) is 5.10. The fourth-order valence-electron chi connectivity index (χ4n) is 2.93. The molecule has 22 heavy (non-hydrogen) atoms. The Morgan fingerprint density at radius 2 is 2.18 bits per heavy atom. The van der Waals surface area contributed by atoms with Crippen molar-refractivity contribution in [2.75, 3.05) is 19.6 Å². The lowest BCUT2D eigenvalue weighted by molar-refractivity contribution is -0.121. The van der Waals surface area contributed by atoms with Crippen molar-refractivity contribution < 1.29 is 9.21 Å². The molecular weight excluding hydrogens is 296 g/mol. The molecule has 0 radical (unpaired) electrons. The predicted molar refractivity (Wildman–Crippen MR) is 87.9 cm³/mol. The summed E-state index contributed by atoms with van der Waals surface area (Å²) < 4.78 is 5.26. The van der Waals surface area contributed by atoms with E-state index in [1.54, 1.807) is 17.6 Å². The third-order valence-electron chi connectivity index (χ3n) is 4.12. The summed E-state index contributed by atoms with van der Waals surface area (Å²) in [6.07, 6.45) is 5.30.